The van der Waals surface area contributed by atoms with E-state index in [1.165, 1.54) is 10.4 Å². The third-order valence-corrected chi connectivity index (χ3v) is 6.43. The summed E-state index contributed by atoms with van der Waals surface area (Å²) in [6.45, 7) is 6.94. The number of aryl methyl sites for hydroxylation is 1. The van der Waals surface area contributed by atoms with Gasteiger partial charge in [0.05, 0.1) is 27.7 Å². The molecule has 1 aromatic carbocycles. The molecule has 1 aliphatic rings. The van der Waals surface area contributed by atoms with Crippen molar-refractivity contribution in [3.63, 3.8) is 0 Å². The Morgan fingerprint density at radius 3 is 2.76 bits per heavy atom. The quantitative estimate of drug-likeness (QED) is 0.470. The van der Waals surface area contributed by atoms with Crippen LogP contribution in [0, 0.1) is 6.92 Å². The molecule has 0 saturated heterocycles. The summed E-state index contributed by atoms with van der Waals surface area (Å²) in [7, 11) is 0. The molecule has 6 heteroatoms. The molecule has 0 fully saturated rings. The molecule has 0 N–H and O–H groups in total. The fraction of sp³-hybridized carbons (Fsp3) is 0.261. The standard InChI is InChI=1S/C23H22N4OS/c1-14(2)27-22-18(13-24-27)17(12-19(25-22)21-9-8-15(3)29-21)23(28)26-11-10-16-6-4-5-7-20(16)26/h4-9,12-14H,10-11H2,1-3H3. The largest absolute Gasteiger partial charge is 0.308 e. The van der Waals surface area contributed by atoms with Crippen molar-refractivity contribution in [2.75, 3.05) is 11.4 Å². The summed E-state index contributed by atoms with van der Waals surface area (Å²) < 4.78 is 1.90. The van der Waals surface area contributed by atoms with Crippen molar-refractivity contribution in [2.24, 2.45) is 0 Å². The molecule has 0 aliphatic carbocycles. The van der Waals surface area contributed by atoms with Gasteiger partial charge in [0.25, 0.3) is 5.91 Å². The minimum Gasteiger partial charge on any atom is -0.308 e. The van der Waals surface area contributed by atoms with E-state index >= 15 is 0 Å². The summed E-state index contributed by atoms with van der Waals surface area (Å²) in [4.78, 5) is 22.7. The van der Waals surface area contributed by atoms with Crippen LogP contribution >= 0.6 is 11.3 Å². The molecule has 0 unspecified atom stereocenters. The molecule has 3 aromatic heterocycles. The Morgan fingerprint density at radius 1 is 1.17 bits per heavy atom. The van der Waals surface area contributed by atoms with Crippen molar-refractivity contribution >= 4 is 34.0 Å². The van der Waals surface area contributed by atoms with Crippen LogP contribution in [0.4, 0.5) is 5.69 Å². The number of pyridine rings is 1. The van der Waals surface area contributed by atoms with Gasteiger partial charge in [0.15, 0.2) is 5.65 Å². The Balaban J connectivity index is 1.69. The van der Waals surface area contributed by atoms with E-state index in [4.69, 9.17) is 4.98 Å². The average Bonchev–Trinajstić information content (AvgIpc) is 3.44. The maximum absolute atomic E-state index is 13.7. The number of para-hydroxylation sites is 1. The highest BCUT2D eigenvalue weighted by atomic mass is 32.1. The summed E-state index contributed by atoms with van der Waals surface area (Å²) in [6, 6.07) is 14.4. The van der Waals surface area contributed by atoms with Gasteiger partial charge < -0.3 is 4.90 Å². The number of carbonyl (C=O) groups is 1. The number of hydrogen-bond acceptors (Lipinski definition) is 4. The molecule has 0 radical (unpaired) electrons. The van der Waals surface area contributed by atoms with Crippen molar-refractivity contribution in [3.8, 4) is 10.6 Å². The lowest BCUT2D eigenvalue weighted by Gasteiger charge is -2.18. The van der Waals surface area contributed by atoms with Crippen molar-refractivity contribution < 1.29 is 4.79 Å². The topological polar surface area (TPSA) is 51.0 Å². The molecule has 0 bridgehead atoms. The van der Waals surface area contributed by atoms with Gasteiger partial charge >= 0.3 is 0 Å². The molecular formula is C23H22N4OS. The maximum atomic E-state index is 13.7. The highest BCUT2D eigenvalue weighted by molar-refractivity contribution is 7.15. The molecule has 29 heavy (non-hydrogen) atoms. The van der Waals surface area contributed by atoms with Gasteiger partial charge in [0.2, 0.25) is 0 Å². The molecule has 4 heterocycles. The van der Waals surface area contributed by atoms with E-state index in [2.05, 4.69) is 44.1 Å². The molecule has 1 amide bonds. The van der Waals surface area contributed by atoms with Gasteiger partial charge in [-0.15, -0.1) is 11.3 Å². The highest BCUT2D eigenvalue weighted by Crippen LogP contribution is 2.34. The minimum atomic E-state index is 0.0141. The van der Waals surface area contributed by atoms with E-state index < -0.39 is 0 Å². The van der Waals surface area contributed by atoms with Crippen LogP contribution in [-0.4, -0.2) is 27.2 Å². The molecule has 146 valence electrons. The van der Waals surface area contributed by atoms with Crippen LogP contribution in [0.1, 0.15) is 40.7 Å². The van der Waals surface area contributed by atoms with E-state index in [-0.39, 0.29) is 11.9 Å². The summed E-state index contributed by atoms with van der Waals surface area (Å²) in [5, 5.41) is 5.35. The Morgan fingerprint density at radius 2 is 2.00 bits per heavy atom. The zero-order chi connectivity index (χ0) is 20.1. The Bertz CT molecular complexity index is 1240. The van der Waals surface area contributed by atoms with Gasteiger partial charge in [0, 0.05) is 23.2 Å². The van der Waals surface area contributed by atoms with Crippen LogP contribution in [0.15, 0.2) is 48.7 Å². The first-order chi connectivity index (χ1) is 14.0. The van der Waals surface area contributed by atoms with Crippen molar-refractivity contribution in [3.05, 3.63) is 64.7 Å². The van der Waals surface area contributed by atoms with Crippen LogP contribution in [0.2, 0.25) is 0 Å². The first-order valence-corrected chi connectivity index (χ1v) is 10.7. The van der Waals surface area contributed by atoms with E-state index in [0.29, 0.717) is 12.1 Å². The number of carbonyl (C=O) groups excluding carboxylic acids is 1. The van der Waals surface area contributed by atoms with Gasteiger partial charge in [0.1, 0.15) is 0 Å². The Labute approximate surface area is 173 Å². The molecule has 5 nitrogen and oxygen atoms in total. The molecule has 4 aromatic rings. The van der Waals surface area contributed by atoms with Crippen LogP contribution in [0.25, 0.3) is 21.6 Å². The van der Waals surface area contributed by atoms with Gasteiger partial charge in [-0.2, -0.15) is 5.10 Å². The van der Waals surface area contributed by atoms with Gasteiger partial charge in [-0.1, -0.05) is 18.2 Å². The maximum Gasteiger partial charge on any atom is 0.259 e. The van der Waals surface area contributed by atoms with E-state index in [1.807, 2.05) is 33.8 Å². The molecule has 0 atom stereocenters. The predicted molar refractivity (Wildman–Crippen MR) is 118 cm³/mol. The zero-order valence-electron chi connectivity index (χ0n) is 16.7. The number of amides is 1. The molecular weight excluding hydrogens is 380 g/mol. The lowest BCUT2D eigenvalue weighted by atomic mass is 10.1. The van der Waals surface area contributed by atoms with Crippen LogP contribution in [-0.2, 0) is 6.42 Å². The SMILES string of the molecule is Cc1ccc(-c2cc(C(=O)N3CCc4ccccc43)c3cnn(C(C)C)c3n2)s1. The number of anilines is 1. The fourth-order valence-electron chi connectivity index (χ4n) is 3.97. The average molecular weight is 403 g/mol. The Hall–Kier alpha value is -2.99. The monoisotopic (exact) mass is 402 g/mol. The number of benzene rings is 1. The van der Waals surface area contributed by atoms with Crippen molar-refractivity contribution in [1.82, 2.24) is 14.8 Å². The molecule has 0 saturated carbocycles. The predicted octanol–water partition coefficient (Wildman–Crippen LogP) is 5.25. The van der Waals surface area contributed by atoms with E-state index in [9.17, 15) is 4.79 Å². The van der Waals surface area contributed by atoms with Crippen LogP contribution in [0.3, 0.4) is 0 Å². The minimum absolute atomic E-state index is 0.0141. The lowest BCUT2D eigenvalue weighted by Crippen LogP contribution is -2.29. The highest BCUT2D eigenvalue weighted by Gasteiger charge is 2.28. The van der Waals surface area contributed by atoms with Crippen molar-refractivity contribution in [2.45, 2.75) is 33.2 Å². The smallest absolute Gasteiger partial charge is 0.259 e. The normalized spacial score (nSPS) is 13.4. The van der Waals surface area contributed by atoms with Crippen LogP contribution in [0.5, 0.6) is 0 Å². The fourth-order valence-corrected chi connectivity index (χ4v) is 4.79. The number of hydrogen-bond donors (Lipinski definition) is 0. The lowest BCUT2D eigenvalue weighted by molar-refractivity contribution is 0.0991. The molecule has 5 rings (SSSR count). The first-order valence-electron chi connectivity index (χ1n) is 9.88. The van der Waals surface area contributed by atoms with Gasteiger partial charge in [-0.05, 0) is 57.0 Å². The summed E-state index contributed by atoms with van der Waals surface area (Å²) in [6.07, 6.45) is 2.67. The van der Waals surface area contributed by atoms with Crippen LogP contribution < -0.4 is 4.90 Å². The van der Waals surface area contributed by atoms with Crippen molar-refractivity contribution in [1.29, 1.82) is 0 Å². The Kier molecular flexibility index (Phi) is 4.24. The number of aromatic nitrogens is 3. The number of fused-ring (bicyclic) bond motifs is 2. The number of rotatable bonds is 3. The molecule has 1 aliphatic heterocycles. The summed E-state index contributed by atoms with van der Waals surface area (Å²) >= 11 is 1.69. The third-order valence-electron chi connectivity index (χ3n) is 5.41. The molecule has 0 spiro atoms. The summed E-state index contributed by atoms with van der Waals surface area (Å²) in [5.41, 5.74) is 4.48. The van der Waals surface area contributed by atoms with E-state index in [1.54, 1.807) is 17.5 Å². The second kappa shape index (κ2) is 6.81. The summed E-state index contributed by atoms with van der Waals surface area (Å²) in [5.74, 6) is 0.0141. The number of thiophene rings is 1. The first kappa shape index (κ1) is 18.1. The van der Waals surface area contributed by atoms with E-state index in [0.717, 1.165) is 33.7 Å². The van der Waals surface area contributed by atoms with Gasteiger partial charge in [-0.25, -0.2) is 9.67 Å². The number of nitrogens with zero attached hydrogens (tertiary/aromatic N) is 4. The third kappa shape index (κ3) is 2.95. The second-order valence-corrected chi connectivity index (χ2v) is 9.01. The second-order valence-electron chi connectivity index (χ2n) is 7.72. The zero-order valence-corrected chi connectivity index (χ0v) is 17.5. The van der Waals surface area contributed by atoms with Gasteiger partial charge in [-0.3, -0.25) is 4.79 Å².